The summed E-state index contributed by atoms with van der Waals surface area (Å²) in [5, 5.41) is 0. The van der Waals surface area contributed by atoms with Gasteiger partial charge in [0.15, 0.2) is 0 Å². The molecule has 2 bridgehead atoms. The second-order valence-corrected chi connectivity index (χ2v) is 6.73. The van der Waals surface area contributed by atoms with E-state index in [1.807, 2.05) is 0 Å². The van der Waals surface area contributed by atoms with Crippen molar-refractivity contribution in [2.24, 2.45) is 23.7 Å². The third-order valence-electron chi connectivity index (χ3n) is 5.39. The summed E-state index contributed by atoms with van der Waals surface area (Å²) in [7, 11) is 1.56. The first-order chi connectivity index (χ1) is 12.1. The van der Waals surface area contributed by atoms with Gasteiger partial charge in [-0.3, -0.25) is 19.3 Å². The molecule has 1 heterocycles. The van der Waals surface area contributed by atoms with E-state index in [4.69, 9.17) is 9.47 Å². The van der Waals surface area contributed by atoms with Gasteiger partial charge < -0.3 is 9.47 Å². The predicted molar refractivity (Wildman–Crippen MR) is 87.7 cm³/mol. The number of rotatable bonds is 5. The number of allylic oxidation sites excluding steroid dienone is 2. The van der Waals surface area contributed by atoms with Crippen molar-refractivity contribution in [3.63, 3.8) is 0 Å². The topological polar surface area (TPSA) is 72.9 Å². The molecule has 0 unspecified atom stereocenters. The molecule has 6 heteroatoms. The number of carbonyl (C=O) groups is 3. The van der Waals surface area contributed by atoms with Crippen molar-refractivity contribution >= 4 is 17.8 Å². The Kier molecular flexibility index (Phi) is 3.82. The van der Waals surface area contributed by atoms with Crippen LogP contribution in [0.2, 0.25) is 0 Å². The molecule has 2 aliphatic carbocycles. The highest BCUT2D eigenvalue weighted by molar-refractivity contribution is 6.06. The number of imide groups is 1. The van der Waals surface area contributed by atoms with E-state index in [0.29, 0.717) is 11.5 Å². The van der Waals surface area contributed by atoms with Crippen molar-refractivity contribution in [3.8, 4) is 11.5 Å². The summed E-state index contributed by atoms with van der Waals surface area (Å²) in [5.41, 5.74) is 0. The standard InChI is InChI=1S/C19H19NO5/c1-24-13-4-6-14(7-5-13)25-15(21)8-9-20-18(22)16-11-2-3-12(10-11)17(16)19(20)23/h2-7,11-12,16-17H,8-10H2,1H3/t11-,12+,16-,17-/m0/s1. The third-order valence-corrected chi connectivity index (χ3v) is 5.39. The van der Waals surface area contributed by atoms with E-state index in [1.165, 1.54) is 4.90 Å². The monoisotopic (exact) mass is 341 g/mol. The lowest BCUT2D eigenvalue weighted by Gasteiger charge is -2.16. The first-order valence-corrected chi connectivity index (χ1v) is 8.47. The summed E-state index contributed by atoms with van der Waals surface area (Å²) in [6.07, 6.45) is 5.00. The summed E-state index contributed by atoms with van der Waals surface area (Å²) in [4.78, 5) is 38.3. The van der Waals surface area contributed by atoms with Crippen molar-refractivity contribution in [1.29, 1.82) is 0 Å². The smallest absolute Gasteiger partial charge is 0.312 e. The molecule has 2 fully saturated rings. The van der Waals surface area contributed by atoms with Crippen LogP contribution in [0.25, 0.3) is 0 Å². The third kappa shape index (κ3) is 2.62. The average Bonchev–Trinajstić information content (AvgIpc) is 3.29. The molecule has 4 atom stereocenters. The minimum Gasteiger partial charge on any atom is -0.497 e. The van der Waals surface area contributed by atoms with Crippen molar-refractivity contribution in [3.05, 3.63) is 36.4 Å². The van der Waals surface area contributed by atoms with Crippen molar-refractivity contribution in [1.82, 2.24) is 4.90 Å². The number of nitrogens with zero attached hydrogens (tertiary/aromatic N) is 1. The van der Waals surface area contributed by atoms with Crippen LogP contribution in [0.1, 0.15) is 12.8 Å². The van der Waals surface area contributed by atoms with E-state index < -0.39 is 5.97 Å². The van der Waals surface area contributed by atoms with Crippen LogP contribution in [-0.2, 0) is 14.4 Å². The maximum Gasteiger partial charge on any atom is 0.312 e. The fourth-order valence-corrected chi connectivity index (χ4v) is 4.21. The zero-order valence-electron chi connectivity index (χ0n) is 13.9. The fraction of sp³-hybridized carbons (Fsp3) is 0.421. The van der Waals surface area contributed by atoms with Crippen LogP contribution in [-0.4, -0.2) is 36.3 Å². The molecule has 0 spiro atoms. The Balaban J connectivity index is 1.34. The Morgan fingerprint density at radius 2 is 1.60 bits per heavy atom. The fourth-order valence-electron chi connectivity index (χ4n) is 4.21. The number of methoxy groups -OCH3 is 1. The highest BCUT2D eigenvalue weighted by atomic mass is 16.5. The van der Waals surface area contributed by atoms with Gasteiger partial charge in [0.25, 0.3) is 0 Å². The molecule has 0 N–H and O–H groups in total. The first kappa shape index (κ1) is 15.9. The molecule has 1 saturated heterocycles. The molecule has 1 saturated carbocycles. The molecule has 4 rings (SSSR count). The number of amides is 2. The minimum absolute atomic E-state index is 0.00822. The number of likely N-dealkylation sites (tertiary alicyclic amines) is 1. The Hall–Kier alpha value is -2.63. The van der Waals surface area contributed by atoms with Crippen molar-refractivity contribution in [2.45, 2.75) is 12.8 Å². The van der Waals surface area contributed by atoms with Crippen LogP contribution in [0.15, 0.2) is 36.4 Å². The SMILES string of the molecule is COc1ccc(OC(=O)CCN2C(=O)[C@@H]3[C@@H](C2=O)[C@H]2C=C[C@@H]3C2)cc1. The van der Waals surface area contributed by atoms with Gasteiger partial charge in [0.05, 0.1) is 25.4 Å². The van der Waals surface area contributed by atoms with Crippen LogP contribution in [0, 0.1) is 23.7 Å². The highest BCUT2D eigenvalue weighted by Crippen LogP contribution is 2.52. The quantitative estimate of drug-likeness (QED) is 0.353. The van der Waals surface area contributed by atoms with E-state index >= 15 is 0 Å². The molecule has 25 heavy (non-hydrogen) atoms. The van der Waals surface area contributed by atoms with E-state index in [2.05, 4.69) is 12.2 Å². The molecule has 3 aliphatic rings. The van der Waals surface area contributed by atoms with Crippen molar-refractivity contribution < 1.29 is 23.9 Å². The normalized spacial score (nSPS) is 29.2. The van der Waals surface area contributed by atoms with Gasteiger partial charge >= 0.3 is 5.97 Å². The highest BCUT2D eigenvalue weighted by Gasteiger charge is 2.59. The van der Waals surface area contributed by atoms with Crippen molar-refractivity contribution in [2.75, 3.05) is 13.7 Å². The first-order valence-electron chi connectivity index (χ1n) is 8.47. The van der Waals surface area contributed by atoms with Gasteiger partial charge in [0.1, 0.15) is 11.5 Å². The van der Waals surface area contributed by atoms with Crippen LogP contribution in [0.5, 0.6) is 11.5 Å². The summed E-state index contributed by atoms with van der Waals surface area (Å²) < 4.78 is 10.3. The molecule has 1 aliphatic heterocycles. The summed E-state index contributed by atoms with van der Waals surface area (Å²) >= 11 is 0. The number of benzene rings is 1. The van der Waals surface area contributed by atoms with Gasteiger partial charge in [-0.15, -0.1) is 0 Å². The lowest BCUT2D eigenvalue weighted by Crippen LogP contribution is -2.35. The molecule has 6 nitrogen and oxygen atoms in total. The van der Waals surface area contributed by atoms with Gasteiger partial charge in [0.2, 0.25) is 11.8 Å². The number of hydrogen-bond donors (Lipinski definition) is 0. The maximum atomic E-state index is 12.5. The number of hydrogen-bond acceptors (Lipinski definition) is 5. The molecular formula is C19H19NO5. The molecule has 0 aromatic heterocycles. The average molecular weight is 341 g/mol. The zero-order chi connectivity index (χ0) is 17.6. The Labute approximate surface area is 145 Å². The van der Waals surface area contributed by atoms with Crippen LogP contribution in [0.4, 0.5) is 0 Å². The van der Waals surface area contributed by atoms with Crippen LogP contribution in [0.3, 0.4) is 0 Å². The van der Waals surface area contributed by atoms with Crippen LogP contribution < -0.4 is 9.47 Å². The Bertz CT molecular complexity index is 724. The largest absolute Gasteiger partial charge is 0.497 e. The number of carbonyl (C=O) groups excluding carboxylic acids is 3. The van der Waals surface area contributed by atoms with E-state index in [9.17, 15) is 14.4 Å². The van der Waals surface area contributed by atoms with E-state index in [1.54, 1.807) is 31.4 Å². The number of ether oxygens (including phenoxy) is 2. The summed E-state index contributed by atoms with van der Waals surface area (Å²) in [6, 6.07) is 6.66. The van der Waals surface area contributed by atoms with E-state index in [-0.39, 0.29) is 48.5 Å². The molecule has 0 radical (unpaired) electrons. The second kappa shape index (κ2) is 6.02. The summed E-state index contributed by atoms with van der Waals surface area (Å²) in [6.45, 7) is 0.0824. The minimum atomic E-state index is -0.469. The summed E-state index contributed by atoms with van der Waals surface area (Å²) in [5.74, 6) is 0.259. The Morgan fingerprint density at radius 1 is 1.04 bits per heavy atom. The van der Waals surface area contributed by atoms with Gasteiger partial charge in [-0.05, 0) is 42.5 Å². The molecule has 130 valence electrons. The van der Waals surface area contributed by atoms with Crippen LogP contribution >= 0.6 is 0 Å². The maximum absolute atomic E-state index is 12.5. The zero-order valence-corrected chi connectivity index (χ0v) is 13.9. The molecule has 1 aromatic rings. The van der Waals surface area contributed by atoms with Gasteiger partial charge in [-0.1, -0.05) is 12.2 Å². The second-order valence-electron chi connectivity index (χ2n) is 6.73. The number of esters is 1. The van der Waals surface area contributed by atoms with Gasteiger partial charge in [-0.25, -0.2) is 0 Å². The van der Waals surface area contributed by atoms with Gasteiger partial charge in [0, 0.05) is 6.54 Å². The molecule has 1 aromatic carbocycles. The Morgan fingerprint density at radius 3 is 2.16 bits per heavy atom. The van der Waals surface area contributed by atoms with E-state index in [0.717, 1.165) is 6.42 Å². The lowest BCUT2D eigenvalue weighted by atomic mass is 9.85. The molecule has 2 amide bonds. The lowest BCUT2D eigenvalue weighted by molar-refractivity contribution is -0.142. The predicted octanol–water partition coefficient (Wildman–Crippen LogP) is 1.80. The number of fused-ring (bicyclic) bond motifs is 5. The van der Waals surface area contributed by atoms with Gasteiger partial charge in [-0.2, -0.15) is 0 Å². The molecular weight excluding hydrogens is 322 g/mol.